The Hall–Kier alpha value is -1.06. The number of hydrogen-bond acceptors (Lipinski definition) is 2. The molecule has 0 radical (unpaired) electrons. The molecule has 0 heterocycles. The van der Waals surface area contributed by atoms with Crippen LogP contribution >= 0.6 is 0 Å². The van der Waals surface area contributed by atoms with E-state index in [0.717, 1.165) is 12.8 Å². The van der Waals surface area contributed by atoms with E-state index >= 15 is 0 Å². The van der Waals surface area contributed by atoms with E-state index in [2.05, 4.69) is 5.32 Å². The summed E-state index contributed by atoms with van der Waals surface area (Å²) in [4.78, 5) is 25.8. The van der Waals surface area contributed by atoms with Gasteiger partial charge in [-0.2, -0.15) is 0 Å². The summed E-state index contributed by atoms with van der Waals surface area (Å²) in [5.41, 5.74) is -0.950. The van der Waals surface area contributed by atoms with E-state index in [1.807, 2.05) is 13.8 Å². The largest absolute Gasteiger partial charge is 0.352 e. The van der Waals surface area contributed by atoms with Crippen molar-refractivity contribution >= 4 is 11.8 Å². The van der Waals surface area contributed by atoms with Crippen LogP contribution in [-0.4, -0.2) is 35.8 Å². The van der Waals surface area contributed by atoms with Crippen molar-refractivity contribution in [3.8, 4) is 0 Å². The lowest BCUT2D eigenvalue weighted by atomic mass is 9.90. The van der Waals surface area contributed by atoms with E-state index in [-0.39, 0.29) is 11.8 Å². The fourth-order valence-corrected chi connectivity index (χ4v) is 1.60. The Labute approximate surface area is 97.4 Å². The number of rotatable bonds is 5. The fourth-order valence-electron chi connectivity index (χ4n) is 1.60. The van der Waals surface area contributed by atoms with Crippen LogP contribution in [0.5, 0.6) is 0 Å². The van der Waals surface area contributed by atoms with Crippen molar-refractivity contribution in [2.75, 3.05) is 13.1 Å². The molecule has 1 N–H and O–H groups in total. The molecule has 1 saturated carbocycles. The molecular weight excluding hydrogens is 204 g/mol. The van der Waals surface area contributed by atoms with Crippen molar-refractivity contribution in [2.45, 2.75) is 46.6 Å². The van der Waals surface area contributed by atoms with Crippen molar-refractivity contribution in [2.24, 2.45) is 5.41 Å². The molecule has 0 bridgehead atoms. The molecule has 92 valence electrons. The first kappa shape index (κ1) is 13.0. The van der Waals surface area contributed by atoms with Gasteiger partial charge in [-0.1, -0.05) is 0 Å². The van der Waals surface area contributed by atoms with Crippen LogP contribution in [0.15, 0.2) is 0 Å². The number of amides is 2. The second-order valence-corrected chi connectivity index (χ2v) is 4.85. The molecule has 0 atom stereocenters. The topological polar surface area (TPSA) is 49.4 Å². The van der Waals surface area contributed by atoms with Gasteiger partial charge in [0.25, 0.3) is 0 Å². The Morgan fingerprint density at radius 3 is 2.12 bits per heavy atom. The van der Waals surface area contributed by atoms with Gasteiger partial charge in [0.15, 0.2) is 0 Å². The fraction of sp³-hybridized carbons (Fsp3) is 0.833. The minimum atomic E-state index is -0.950. The molecule has 4 heteroatoms. The zero-order valence-electron chi connectivity index (χ0n) is 10.7. The standard InChI is InChI=1S/C12H22N2O2/c1-5-14(6-2)11(16)12(3,4)10(15)13-9-7-8-9/h9H,5-8H2,1-4H3,(H,13,15). The minimum absolute atomic E-state index is 0.0874. The summed E-state index contributed by atoms with van der Waals surface area (Å²) in [7, 11) is 0. The smallest absolute Gasteiger partial charge is 0.237 e. The predicted molar refractivity (Wildman–Crippen MR) is 62.9 cm³/mol. The number of hydrogen-bond donors (Lipinski definition) is 1. The predicted octanol–water partition coefficient (Wildman–Crippen LogP) is 1.16. The SMILES string of the molecule is CCN(CC)C(=O)C(C)(C)C(=O)NC1CC1. The molecule has 0 saturated heterocycles. The summed E-state index contributed by atoms with van der Waals surface area (Å²) in [6, 6.07) is 0.302. The Bertz CT molecular complexity index is 279. The molecule has 0 aliphatic heterocycles. The van der Waals surface area contributed by atoms with E-state index in [1.54, 1.807) is 18.7 Å². The van der Waals surface area contributed by atoms with Crippen LogP contribution in [0.3, 0.4) is 0 Å². The van der Waals surface area contributed by atoms with Crippen LogP contribution in [0.25, 0.3) is 0 Å². The Morgan fingerprint density at radius 2 is 1.75 bits per heavy atom. The lowest BCUT2D eigenvalue weighted by Crippen LogP contribution is -2.49. The Kier molecular flexibility index (Phi) is 3.94. The van der Waals surface area contributed by atoms with E-state index in [0.29, 0.717) is 19.1 Å². The molecule has 0 aromatic rings. The van der Waals surface area contributed by atoms with Gasteiger partial charge in [0.1, 0.15) is 5.41 Å². The zero-order valence-corrected chi connectivity index (χ0v) is 10.7. The van der Waals surface area contributed by atoms with Gasteiger partial charge >= 0.3 is 0 Å². The molecule has 1 aliphatic carbocycles. The van der Waals surface area contributed by atoms with Gasteiger partial charge in [-0.3, -0.25) is 9.59 Å². The Balaban J connectivity index is 2.65. The second-order valence-electron chi connectivity index (χ2n) is 4.85. The van der Waals surface area contributed by atoms with Crippen LogP contribution in [0.1, 0.15) is 40.5 Å². The molecule has 0 spiro atoms. The van der Waals surface area contributed by atoms with Crippen LogP contribution < -0.4 is 5.32 Å². The van der Waals surface area contributed by atoms with Crippen molar-refractivity contribution in [1.82, 2.24) is 10.2 Å². The third-order valence-corrected chi connectivity index (χ3v) is 3.07. The van der Waals surface area contributed by atoms with Gasteiger partial charge in [-0.15, -0.1) is 0 Å². The maximum absolute atomic E-state index is 12.1. The molecule has 16 heavy (non-hydrogen) atoms. The summed E-state index contributed by atoms with van der Waals surface area (Å²) in [6.45, 7) is 8.55. The lowest BCUT2D eigenvalue weighted by Gasteiger charge is -2.29. The van der Waals surface area contributed by atoms with Crippen molar-refractivity contribution in [3.05, 3.63) is 0 Å². The average molecular weight is 226 g/mol. The summed E-state index contributed by atoms with van der Waals surface area (Å²) in [5, 5.41) is 2.89. The molecule has 0 aromatic carbocycles. The number of carbonyl (C=O) groups is 2. The summed E-state index contributed by atoms with van der Waals surface area (Å²) in [6.07, 6.45) is 2.09. The molecule has 1 aliphatic rings. The first-order chi connectivity index (χ1) is 7.43. The molecule has 0 unspecified atom stereocenters. The minimum Gasteiger partial charge on any atom is -0.352 e. The van der Waals surface area contributed by atoms with Gasteiger partial charge in [0.05, 0.1) is 0 Å². The van der Waals surface area contributed by atoms with Gasteiger partial charge in [-0.25, -0.2) is 0 Å². The van der Waals surface area contributed by atoms with Crippen LogP contribution in [0.2, 0.25) is 0 Å². The Morgan fingerprint density at radius 1 is 1.25 bits per heavy atom. The van der Waals surface area contributed by atoms with E-state index in [1.165, 1.54) is 0 Å². The van der Waals surface area contributed by atoms with Gasteiger partial charge in [-0.05, 0) is 40.5 Å². The quantitative estimate of drug-likeness (QED) is 0.715. The average Bonchev–Trinajstić information content (AvgIpc) is 3.03. The zero-order chi connectivity index (χ0) is 12.3. The highest BCUT2D eigenvalue weighted by Crippen LogP contribution is 2.24. The summed E-state index contributed by atoms with van der Waals surface area (Å²) in [5.74, 6) is -0.234. The van der Waals surface area contributed by atoms with Crippen molar-refractivity contribution < 1.29 is 9.59 Å². The van der Waals surface area contributed by atoms with Crippen LogP contribution in [0.4, 0.5) is 0 Å². The summed E-state index contributed by atoms with van der Waals surface area (Å²) >= 11 is 0. The highest BCUT2D eigenvalue weighted by atomic mass is 16.2. The molecule has 1 fully saturated rings. The maximum Gasteiger partial charge on any atom is 0.237 e. The normalized spacial score (nSPS) is 15.8. The van der Waals surface area contributed by atoms with E-state index < -0.39 is 5.41 Å². The molecule has 2 amide bonds. The lowest BCUT2D eigenvalue weighted by molar-refractivity contribution is -0.148. The molecule has 4 nitrogen and oxygen atoms in total. The van der Waals surface area contributed by atoms with Crippen LogP contribution in [-0.2, 0) is 9.59 Å². The summed E-state index contributed by atoms with van der Waals surface area (Å²) < 4.78 is 0. The first-order valence-electron chi connectivity index (χ1n) is 6.03. The highest BCUT2D eigenvalue weighted by molar-refractivity contribution is 6.04. The highest BCUT2D eigenvalue weighted by Gasteiger charge is 2.40. The first-order valence-corrected chi connectivity index (χ1v) is 6.03. The number of nitrogens with one attached hydrogen (secondary N) is 1. The van der Waals surface area contributed by atoms with Gasteiger partial charge in [0, 0.05) is 19.1 Å². The van der Waals surface area contributed by atoms with Gasteiger partial charge in [0.2, 0.25) is 11.8 Å². The van der Waals surface area contributed by atoms with Crippen molar-refractivity contribution in [3.63, 3.8) is 0 Å². The second kappa shape index (κ2) is 4.85. The van der Waals surface area contributed by atoms with E-state index in [9.17, 15) is 9.59 Å². The monoisotopic (exact) mass is 226 g/mol. The molecular formula is C12H22N2O2. The maximum atomic E-state index is 12.1. The number of carbonyl (C=O) groups excluding carboxylic acids is 2. The molecule has 1 rings (SSSR count). The molecule has 0 aromatic heterocycles. The van der Waals surface area contributed by atoms with E-state index in [4.69, 9.17) is 0 Å². The number of nitrogens with zero attached hydrogens (tertiary/aromatic N) is 1. The third-order valence-electron chi connectivity index (χ3n) is 3.07. The van der Waals surface area contributed by atoms with Gasteiger partial charge < -0.3 is 10.2 Å². The van der Waals surface area contributed by atoms with Crippen LogP contribution in [0, 0.1) is 5.41 Å². The van der Waals surface area contributed by atoms with Crippen molar-refractivity contribution in [1.29, 1.82) is 0 Å². The third kappa shape index (κ3) is 2.74.